The number of aliphatic hydroxyl groups is 1. The lowest BCUT2D eigenvalue weighted by atomic mass is 10.0. The molecule has 0 amide bonds. The third-order valence-corrected chi connectivity index (χ3v) is 3.76. The summed E-state index contributed by atoms with van der Waals surface area (Å²) >= 11 is 0. The Bertz CT molecular complexity index is 573. The molecule has 1 saturated heterocycles. The van der Waals surface area contributed by atoms with Crippen molar-refractivity contribution in [1.82, 2.24) is 5.32 Å². The molecule has 16 heteroatoms. The Labute approximate surface area is 196 Å². The van der Waals surface area contributed by atoms with Crippen molar-refractivity contribution in [3.05, 3.63) is 0 Å². The first-order chi connectivity index (χ1) is 15.6. The van der Waals surface area contributed by atoms with Crippen LogP contribution in [0.4, 0.5) is 0 Å². The minimum absolute atomic E-state index is 0.0718. The zero-order valence-corrected chi connectivity index (χ0v) is 19.3. The molecule has 16 nitrogen and oxygen atoms in total. The van der Waals surface area contributed by atoms with Crippen molar-refractivity contribution in [3.8, 4) is 0 Å². The zero-order valence-electron chi connectivity index (χ0n) is 19.3. The number of aliphatic hydroxyl groups excluding tert-OH is 1. The van der Waals surface area contributed by atoms with Gasteiger partial charge in [0.05, 0.1) is 19.7 Å². The number of rotatable bonds is 8. The lowest BCUT2D eigenvalue weighted by molar-refractivity contribution is -0.140. The monoisotopic (exact) mass is 501 g/mol. The normalized spacial score (nSPS) is 16.0. The van der Waals surface area contributed by atoms with Crippen LogP contribution in [-0.4, -0.2) is 105 Å². The Balaban J connectivity index is -0.000000169. The van der Waals surface area contributed by atoms with Gasteiger partial charge in [-0.3, -0.25) is 24.0 Å². The van der Waals surface area contributed by atoms with E-state index in [-0.39, 0.29) is 25.0 Å². The number of hydrogen-bond acceptors (Lipinski definition) is 11. The molecule has 0 aromatic heterocycles. The largest absolute Gasteiger partial charge is 0.480 e. The van der Waals surface area contributed by atoms with Gasteiger partial charge in [-0.1, -0.05) is 20.3 Å². The highest BCUT2D eigenvalue weighted by atomic mass is 16.4. The van der Waals surface area contributed by atoms with Crippen molar-refractivity contribution in [3.63, 3.8) is 0 Å². The smallest absolute Gasteiger partial charge is 0.322 e. The topological polar surface area (TPSA) is 323 Å². The van der Waals surface area contributed by atoms with Crippen LogP contribution in [0, 0.1) is 5.92 Å². The molecule has 0 aromatic carbocycles. The van der Waals surface area contributed by atoms with Crippen molar-refractivity contribution in [2.45, 2.75) is 51.2 Å². The van der Waals surface area contributed by atoms with Gasteiger partial charge in [0.15, 0.2) is 0 Å². The van der Waals surface area contributed by atoms with Crippen molar-refractivity contribution < 1.29 is 54.6 Å². The predicted octanol–water partition coefficient (Wildman–Crippen LogP) is -3.28. The van der Waals surface area contributed by atoms with Gasteiger partial charge in [-0.15, -0.1) is 0 Å². The van der Waals surface area contributed by atoms with Gasteiger partial charge in [-0.05, 0) is 25.3 Å². The fourth-order valence-corrected chi connectivity index (χ4v) is 1.47. The molecule has 1 aliphatic rings. The number of carboxylic acids is 5. The second-order valence-electron chi connectivity index (χ2n) is 6.56. The van der Waals surface area contributed by atoms with Crippen molar-refractivity contribution in [2.75, 3.05) is 26.2 Å². The molecule has 0 spiro atoms. The lowest BCUT2D eigenvalue weighted by Gasteiger charge is -2.11. The standard InChI is InChI=1S/C6H13NO2.C5H9NO2.C3H7NO3.2C2H5NO2/c1-3-4(2)5(7)6(8)9;7-5(8)4-2-1-3-6-4;4-2(1-5)3(6)7;2*3-1-2(4)5/h4-5H,3,7H2,1-2H3,(H,8,9);4,6H,1-3H2,(H,7,8);2,5H,1,4H2,(H,6,7);2*1,3H2,(H,4,5)/t4-,5-;4-;2-;;/m000../s1. The highest BCUT2D eigenvalue weighted by Gasteiger charge is 2.20. The summed E-state index contributed by atoms with van der Waals surface area (Å²) in [5.41, 5.74) is 19.2. The van der Waals surface area contributed by atoms with Crippen LogP contribution in [0.25, 0.3) is 0 Å². The maximum Gasteiger partial charge on any atom is 0.322 e. The minimum atomic E-state index is -1.18. The summed E-state index contributed by atoms with van der Waals surface area (Å²) in [7, 11) is 0. The molecule has 1 rings (SSSR count). The van der Waals surface area contributed by atoms with E-state index in [1.807, 2.05) is 13.8 Å². The number of aliphatic carboxylic acids is 5. The number of carboxylic acid groups (broad SMARTS) is 5. The SMILES string of the molecule is CC[C@H](C)[C@H](N)C(=O)O.NCC(=O)O.NCC(=O)O.N[C@@H](CO)C(=O)O.O=C(O)[C@@H]1CCCN1. The lowest BCUT2D eigenvalue weighted by Crippen LogP contribution is -2.36. The Morgan fingerprint density at radius 1 is 0.912 bits per heavy atom. The van der Waals surface area contributed by atoms with Gasteiger partial charge >= 0.3 is 29.8 Å². The van der Waals surface area contributed by atoms with Gasteiger partial charge in [0.25, 0.3) is 0 Å². The molecule has 0 bridgehead atoms. The highest BCUT2D eigenvalue weighted by Crippen LogP contribution is 2.04. The van der Waals surface area contributed by atoms with Crippen molar-refractivity contribution >= 4 is 29.8 Å². The molecule has 4 atom stereocenters. The third-order valence-electron chi connectivity index (χ3n) is 3.76. The van der Waals surface area contributed by atoms with E-state index in [0.29, 0.717) is 0 Å². The fourth-order valence-electron chi connectivity index (χ4n) is 1.47. The summed E-state index contributed by atoms with van der Waals surface area (Å²) in [5, 5.41) is 50.7. The first kappa shape index (κ1) is 38.4. The highest BCUT2D eigenvalue weighted by molar-refractivity contribution is 5.74. The summed E-state index contributed by atoms with van der Waals surface area (Å²) in [6.45, 7) is 3.55. The van der Waals surface area contributed by atoms with E-state index in [4.69, 9.17) is 42.1 Å². The molecule has 34 heavy (non-hydrogen) atoms. The second-order valence-corrected chi connectivity index (χ2v) is 6.56. The van der Waals surface area contributed by atoms with Gasteiger partial charge in [0, 0.05) is 0 Å². The maximum absolute atomic E-state index is 10.2. The van der Waals surface area contributed by atoms with Gasteiger partial charge in [0.2, 0.25) is 0 Å². The third kappa shape index (κ3) is 29.1. The Morgan fingerprint density at radius 2 is 1.32 bits per heavy atom. The van der Waals surface area contributed by atoms with E-state index in [9.17, 15) is 24.0 Å². The number of carbonyl (C=O) groups is 5. The summed E-state index contributed by atoms with van der Waals surface area (Å²) in [4.78, 5) is 48.4. The van der Waals surface area contributed by atoms with Crippen molar-refractivity contribution in [2.24, 2.45) is 28.9 Å². The summed E-state index contributed by atoms with van der Waals surface area (Å²) < 4.78 is 0. The molecule has 1 aliphatic heterocycles. The van der Waals surface area contributed by atoms with Crippen LogP contribution in [0.5, 0.6) is 0 Å². The Morgan fingerprint density at radius 3 is 1.41 bits per heavy atom. The molecule has 0 unspecified atom stereocenters. The van der Waals surface area contributed by atoms with Crippen LogP contribution in [0.3, 0.4) is 0 Å². The number of hydrogen-bond donors (Lipinski definition) is 11. The fraction of sp³-hybridized carbons (Fsp3) is 0.722. The van der Waals surface area contributed by atoms with Gasteiger partial charge in [0.1, 0.15) is 18.1 Å². The molecule has 0 saturated carbocycles. The van der Waals surface area contributed by atoms with Gasteiger partial charge in [-0.25, -0.2) is 0 Å². The van der Waals surface area contributed by atoms with Crippen LogP contribution >= 0.6 is 0 Å². The van der Waals surface area contributed by atoms with Crippen LogP contribution in [0.2, 0.25) is 0 Å². The Hall–Kier alpha value is -2.89. The zero-order chi connectivity index (χ0) is 27.9. The Kier molecular flexibility index (Phi) is 27.9. The van der Waals surface area contributed by atoms with Crippen molar-refractivity contribution in [1.29, 1.82) is 0 Å². The molecular weight excluding hydrogens is 462 g/mol. The van der Waals surface area contributed by atoms with E-state index in [2.05, 4.69) is 16.8 Å². The number of nitrogens with one attached hydrogen (secondary N) is 1. The molecule has 1 heterocycles. The maximum atomic E-state index is 10.2. The summed E-state index contributed by atoms with van der Waals surface area (Å²) in [5.74, 6) is -4.67. The summed E-state index contributed by atoms with van der Waals surface area (Å²) in [6.07, 6.45) is 2.60. The van der Waals surface area contributed by atoms with E-state index in [1.54, 1.807) is 0 Å². The number of nitrogens with two attached hydrogens (primary N) is 4. The molecule has 0 radical (unpaired) electrons. The van der Waals surface area contributed by atoms with Crippen LogP contribution in [-0.2, 0) is 24.0 Å². The molecule has 0 aliphatic carbocycles. The van der Waals surface area contributed by atoms with Crippen LogP contribution < -0.4 is 28.3 Å². The average molecular weight is 502 g/mol. The average Bonchev–Trinajstić information content (AvgIpc) is 3.34. The second kappa shape index (κ2) is 24.7. The van der Waals surface area contributed by atoms with E-state index >= 15 is 0 Å². The van der Waals surface area contributed by atoms with Gasteiger partial charge < -0.3 is 58.9 Å². The van der Waals surface area contributed by atoms with E-state index in [0.717, 1.165) is 25.8 Å². The molecule has 15 N–H and O–H groups in total. The molecular formula is C18H39N5O11. The first-order valence-electron chi connectivity index (χ1n) is 10.00. The predicted molar refractivity (Wildman–Crippen MR) is 120 cm³/mol. The van der Waals surface area contributed by atoms with E-state index in [1.165, 1.54) is 0 Å². The van der Waals surface area contributed by atoms with Gasteiger partial charge in [-0.2, -0.15) is 0 Å². The van der Waals surface area contributed by atoms with E-state index < -0.39 is 48.5 Å². The van der Waals surface area contributed by atoms with Crippen LogP contribution in [0.15, 0.2) is 0 Å². The molecule has 202 valence electrons. The molecule has 1 fully saturated rings. The molecule has 0 aromatic rings. The first-order valence-corrected chi connectivity index (χ1v) is 10.00. The quantitative estimate of drug-likeness (QED) is 0.155. The van der Waals surface area contributed by atoms with Crippen LogP contribution in [0.1, 0.15) is 33.1 Å². The summed E-state index contributed by atoms with van der Waals surface area (Å²) in [6, 6.07) is -2.09. The minimum Gasteiger partial charge on any atom is -0.480 e.